The summed E-state index contributed by atoms with van der Waals surface area (Å²) in [6, 6.07) is 11.4. The fourth-order valence-electron chi connectivity index (χ4n) is 3.16. The molecule has 1 saturated heterocycles. The Labute approximate surface area is 133 Å². The Morgan fingerprint density at radius 2 is 1.81 bits per heavy atom. The summed E-state index contributed by atoms with van der Waals surface area (Å²) >= 11 is 3.54. The van der Waals surface area contributed by atoms with Crippen LogP contribution in [0.2, 0.25) is 0 Å². The predicted octanol–water partition coefficient (Wildman–Crippen LogP) is 3.57. The fraction of sp³-hybridized carbons (Fsp3) is 0.375. The van der Waals surface area contributed by atoms with Crippen molar-refractivity contribution in [2.75, 3.05) is 5.75 Å². The van der Waals surface area contributed by atoms with Gasteiger partial charge in [-0.15, -0.1) is 0 Å². The van der Waals surface area contributed by atoms with E-state index in [4.69, 9.17) is 5.73 Å². The third-order valence-electron chi connectivity index (χ3n) is 4.29. The van der Waals surface area contributed by atoms with Crippen LogP contribution in [0.4, 0.5) is 0 Å². The standard InChI is InChI=1S/C16H18BrNO2S/c17-14-9-8-13(11-5-1-2-6-12(11)14)16(18)15-7-3-4-10-21(15,19)20/h1-2,5-6,8-9,15-16H,3-4,7,10,18H2. The molecule has 0 bridgehead atoms. The van der Waals surface area contributed by atoms with Crippen LogP contribution in [0.25, 0.3) is 10.8 Å². The van der Waals surface area contributed by atoms with Gasteiger partial charge >= 0.3 is 0 Å². The molecule has 2 aromatic carbocycles. The molecular formula is C16H18BrNO2S. The third kappa shape index (κ3) is 2.74. The summed E-state index contributed by atoms with van der Waals surface area (Å²) in [7, 11) is -3.09. The van der Waals surface area contributed by atoms with Gasteiger partial charge in [0.15, 0.2) is 9.84 Å². The Bertz CT molecular complexity index is 773. The van der Waals surface area contributed by atoms with Crippen LogP contribution < -0.4 is 5.73 Å². The third-order valence-corrected chi connectivity index (χ3v) is 7.29. The maximum atomic E-state index is 12.3. The molecule has 0 spiro atoms. The predicted molar refractivity (Wildman–Crippen MR) is 90.0 cm³/mol. The maximum Gasteiger partial charge on any atom is 0.155 e. The van der Waals surface area contributed by atoms with Crippen LogP contribution in [0.5, 0.6) is 0 Å². The second-order valence-corrected chi connectivity index (χ2v) is 8.80. The fourth-order valence-corrected chi connectivity index (χ4v) is 5.67. The molecule has 2 unspecified atom stereocenters. The number of hydrogen-bond donors (Lipinski definition) is 1. The van der Waals surface area contributed by atoms with E-state index >= 15 is 0 Å². The summed E-state index contributed by atoms with van der Waals surface area (Å²) in [6.07, 6.45) is 2.35. The number of sulfone groups is 1. The molecule has 0 radical (unpaired) electrons. The second kappa shape index (κ2) is 5.71. The van der Waals surface area contributed by atoms with Crippen LogP contribution in [0.3, 0.4) is 0 Å². The van der Waals surface area contributed by atoms with E-state index in [9.17, 15) is 8.42 Å². The highest BCUT2D eigenvalue weighted by Gasteiger charge is 2.35. The molecule has 2 atom stereocenters. The van der Waals surface area contributed by atoms with Crippen molar-refractivity contribution < 1.29 is 8.42 Å². The Balaban J connectivity index is 2.10. The van der Waals surface area contributed by atoms with E-state index in [2.05, 4.69) is 15.9 Å². The SMILES string of the molecule is NC(c1ccc(Br)c2ccccc12)C1CCCCS1(=O)=O. The monoisotopic (exact) mass is 367 g/mol. The van der Waals surface area contributed by atoms with Gasteiger partial charge in [0.1, 0.15) is 0 Å². The van der Waals surface area contributed by atoms with E-state index in [0.29, 0.717) is 6.42 Å². The lowest BCUT2D eigenvalue weighted by Gasteiger charge is -2.28. The van der Waals surface area contributed by atoms with Crippen molar-refractivity contribution in [1.29, 1.82) is 0 Å². The molecule has 1 aliphatic heterocycles. The molecule has 0 saturated carbocycles. The van der Waals surface area contributed by atoms with E-state index in [1.165, 1.54) is 0 Å². The zero-order valence-electron chi connectivity index (χ0n) is 11.6. The lowest BCUT2D eigenvalue weighted by atomic mass is 9.95. The zero-order chi connectivity index (χ0) is 15.0. The summed E-state index contributed by atoms with van der Waals surface area (Å²) in [4.78, 5) is 0. The van der Waals surface area contributed by atoms with Gasteiger partial charge in [0.05, 0.1) is 11.0 Å². The molecule has 1 heterocycles. The lowest BCUT2D eigenvalue weighted by molar-refractivity contribution is 0.506. The highest BCUT2D eigenvalue weighted by atomic mass is 79.9. The average molecular weight is 368 g/mol. The quantitative estimate of drug-likeness (QED) is 0.882. The van der Waals surface area contributed by atoms with E-state index < -0.39 is 21.1 Å². The van der Waals surface area contributed by atoms with Gasteiger partial charge in [-0.05, 0) is 35.2 Å². The first-order valence-electron chi connectivity index (χ1n) is 7.15. The van der Waals surface area contributed by atoms with Gasteiger partial charge in [-0.3, -0.25) is 0 Å². The minimum absolute atomic E-state index is 0.264. The molecule has 0 aromatic heterocycles. The zero-order valence-corrected chi connectivity index (χ0v) is 14.0. The highest BCUT2D eigenvalue weighted by molar-refractivity contribution is 9.10. The summed E-state index contributed by atoms with van der Waals surface area (Å²) in [5, 5.41) is 1.63. The van der Waals surface area contributed by atoms with Crippen molar-refractivity contribution in [3.05, 3.63) is 46.4 Å². The van der Waals surface area contributed by atoms with Crippen LogP contribution in [-0.2, 0) is 9.84 Å². The van der Waals surface area contributed by atoms with Crippen molar-refractivity contribution in [3.63, 3.8) is 0 Å². The average Bonchev–Trinajstić information content (AvgIpc) is 2.47. The molecule has 3 rings (SSSR count). The first-order valence-corrected chi connectivity index (χ1v) is 9.66. The summed E-state index contributed by atoms with van der Waals surface area (Å²) in [5.74, 6) is 0.264. The molecule has 5 heteroatoms. The molecule has 3 nitrogen and oxygen atoms in total. The molecule has 2 aromatic rings. The second-order valence-electron chi connectivity index (χ2n) is 5.61. The summed E-state index contributed by atoms with van der Waals surface area (Å²) in [6.45, 7) is 0. The first-order chi connectivity index (χ1) is 10.0. The lowest BCUT2D eigenvalue weighted by Crippen LogP contribution is -2.37. The summed E-state index contributed by atoms with van der Waals surface area (Å²) in [5.41, 5.74) is 7.29. The van der Waals surface area contributed by atoms with Crippen LogP contribution >= 0.6 is 15.9 Å². The maximum absolute atomic E-state index is 12.3. The number of benzene rings is 2. The molecular weight excluding hydrogens is 350 g/mol. The number of rotatable bonds is 2. The highest BCUT2D eigenvalue weighted by Crippen LogP contribution is 2.35. The Hall–Kier alpha value is -0.910. The molecule has 112 valence electrons. The van der Waals surface area contributed by atoms with Gasteiger partial charge in [0, 0.05) is 10.5 Å². The number of fused-ring (bicyclic) bond motifs is 1. The van der Waals surface area contributed by atoms with Crippen molar-refractivity contribution in [3.8, 4) is 0 Å². The van der Waals surface area contributed by atoms with E-state index in [0.717, 1.165) is 33.7 Å². The van der Waals surface area contributed by atoms with Crippen molar-refractivity contribution >= 4 is 36.5 Å². The van der Waals surface area contributed by atoms with Crippen LogP contribution in [0.1, 0.15) is 30.9 Å². The molecule has 2 N–H and O–H groups in total. The topological polar surface area (TPSA) is 60.2 Å². The molecule has 1 fully saturated rings. The Kier molecular flexibility index (Phi) is 4.08. The number of nitrogens with two attached hydrogens (primary N) is 1. The normalized spacial score (nSPS) is 23.0. The Morgan fingerprint density at radius 1 is 1.10 bits per heavy atom. The van der Waals surface area contributed by atoms with Crippen molar-refractivity contribution in [1.82, 2.24) is 0 Å². The van der Waals surface area contributed by atoms with Crippen LogP contribution in [0, 0.1) is 0 Å². The Morgan fingerprint density at radius 3 is 2.52 bits per heavy atom. The van der Waals surface area contributed by atoms with Gasteiger partial charge in [-0.1, -0.05) is 52.7 Å². The van der Waals surface area contributed by atoms with Crippen LogP contribution in [0.15, 0.2) is 40.9 Å². The minimum Gasteiger partial charge on any atom is -0.323 e. The van der Waals surface area contributed by atoms with Gasteiger partial charge in [0.25, 0.3) is 0 Å². The summed E-state index contributed by atoms with van der Waals surface area (Å²) < 4.78 is 25.6. The van der Waals surface area contributed by atoms with Gasteiger partial charge in [0.2, 0.25) is 0 Å². The van der Waals surface area contributed by atoms with Crippen LogP contribution in [-0.4, -0.2) is 19.4 Å². The van der Waals surface area contributed by atoms with Gasteiger partial charge in [-0.25, -0.2) is 8.42 Å². The molecule has 21 heavy (non-hydrogen) atoms. The smallest absolute Gasteiger partial charge is 0.155 e. The number of hydrogen-bond acceptors (Lipinski definition) is 3. The molecule has 0 aliphatic carbocycles. The van der Waals surface area contributed by atoms with E-state index in [1.54, 1.807) is 0 Å². The minimum atomic E-state index is -3.09. The number of halogens is 1. The van der Waals surface area contributed by atoms with Gasteiger partial charge in [-0.2, -0.15) is 0 Å². The first kappa shape index (κ1) is 15.0. The molecule has 1 aliphatic rings. The largest absolute Gasteiger partial charge is 0.323 e. The van der Waals surface area contributed by atoms with Gasteiger partial charge < -0.3 is 5.73 Å². The molecule has 0 amide bonds. The van der Waals surface area contributed by atoms with E-state index in [-0.39, 0.29) is 5.75 Å². The van der Waals surface area contributed by atoms with Crippen molar-refractivity contribution in [2.45, 2.75) is 30.6 Å². The van der Waals surface area contributed by atoms with E-state index in [1.807, 2.05) is 36.4 Å². The van der Waals surface area contributed by atoms with Crippen molar-refractivity contribution in [2.24, 2.45) is 5.73 Å².